The highest BCUT2D eigenvalue weighted by atomic mass is 16.3. The summed E-state index contributed by atoms with van der Waals surface area (Å²) in [5.41, 5.74) is 0.676. The second-order valence-electron chi connectivity index (χ2n) is 8.20. The molecular weight excluding hydrogens is 354 g/mol. The summed E-state index contributed by atoms with van der Waals surface area (Å²) < 4.78 is 0. The Morgan fingerprint density at radius 3 is 2.50 bits per heavy atom. The molecule has 2 atom stereocenters. The number of aliphatic hydroxyl groups excluding tert-OH is 1. The van der Waals surface area contributed by atoms with Gasteiger partial charge in [0, 0.05) is 30.7 Å². The minimum atomic E-state index is -0.329. The van der Waals surface area contributed by atoms with Crippen molar-refractivity contribution in [3.8, 4) is 0 Å². The van der Waals surface area contributed by atoms with Crippen LogP contribution in [-0.4, -0.2) is 71.1 Å². The van der Waals surface area contributed by atoms with Crippen molar-refractivity contribution in [3.63, 3.8) is 0 Å². The van der Waals surface area contributed by atoms with E-state index in [2.05, 4.69) is 10.2 Å². The van der Waals surface area contributed by atoms with Crippen molar-refractivity contribution < 1.29 is 14.7 Å². The molecule has 2 amide bonds. The molecule has 0 aliphatic carbocycles. The Morgan fingerprint density at radius 2 is 1.82 bits per heavy atom. The summed E-state index contributed by atoms with van der Waals surface area (Å²) in [4.78, 5) is 29.3. The number of nitrogens with zero attached hydrogens (tertiary/aromatic N) is 2. The predicted molar refractivity (Wildman–Crippen MR) is 109 cm³/mol. The Bertz CT molecular complexity index is 642. The van der Waals surface area contributed by atoms with Crippen molar-refractivity contribution in [2.75, 3.05) is 26.2 Å². The molecule has 0 aromatic heterocycles. The van der Waals surface area contributed by atoms with Gasteiger partial charge in [0.2, 0.25) is 5.91 Å². The van der Waals surface area contributed by atoms with Gasteiger partial charge >= 0.3 is 0 Å². The summed E-state index contributed by atoms with van der Waals surface area (Å²) in [6, 6.07) is 9.68. The first kappa shape index (κ1) is 20.8. The first-order chi connectivity index (χ1) is 13.5. The van der Waals surface area contributed by atoms with Crippen LogP contribution in [0.15, 0.2) is 30.3 Å². The third kappa shape index (κ3) is 5.79. The molecule has 6 nitrogen and oxygen atoms in total. The fraction of sp³-hybridized carbons (Fsp3) is 0.636. The molecule has 2 heterocycles. The number of carbonyl (C=O) groups is 2. The number of nitrogens with one attached hydrogen (secondary N) is 1. The van der Waals surface area contributed by atoms with Gasteiger partial charge in [-0.2, -0.15) is 0 Å². The van der Waals surface area contributed by atoms with Crippen LogP contribution in [0.1, 0.15) is 55.8 Å². The summed E-state index contributed by atoms with van der Waals surface area (Å²) in [6.07, 6.45) is 5.35. The van der Waals surface area contributed by atoms with E-state index in [9.17, 15) is 14.7 Å². The first-order valence-electron chi connectivity index (χ1n) is 10.6. The molecule has 0 saturated carbocycles. The largest absolute Gasteiger partial charge is 0.393 e. The van der Waals surface area contributed by atoms with E-state index in [1.807, 2.05) is 42.2 Å². The van der Waals surface area contributed by atoms with E-state index in [-0.39, 0.29) is 24.0 Å². The highest BCUT2D eigenvalue weighted by Gasteiger charge is 2.29. The van der Waals surface area contributed by atoms with E-state index in [1.165, 1.54) is 6.42 Å². The van der Waals surface area contributed by atoms with Gasteiger partial charge in [0.05, 0.1) is 12.6 Å². The molecule has 2 aliphatic heterocycles. The Balaban J connectivity index is 1.45. The minimum Gasteiger partial charge on any atom is -0.393 e. The average Bonchev–Trinajstić information content (AvgIpc) is 2.70. The van der Waals surface area contributed by atoms with Crippen molar-refractivity contribution in [2.45, 2.75) is 63.6 Å². The summed E-state index contributed by atoms with van der Waals surface area (Å²) in [5.74, 6) is 0.130. The zero-order valence-corrected chi connectivity index (χ0v) is 16.8. The molecule has 0 radical (unpaired) electrons. The number of carbonyl (C=O) groups excluding carboxylic acids is 2. The molecule has 3 rings (SSSR count). The number of piperidine rings is 2. The summed E-state index contributed by atoms with van der Waals surface area (Å²) in [6.45, 7) is 4.58. The zero-order valence-electron chi connectivity index (χ0n) is 16.8. The molecule has 1 aromatic carbocycles. The molecular formula is C22H33N3O3. The van der Waals surface area contributed by atoms with Gasteiger partial charge in [-0.3, -0.25) is 14.5 Å². The van der Waals surface area contributed by atoms with Gasteiger partial charge in [-0.1, -0.05) is 24.6 Å². The molecule has 0 bridgehead atoms. The molecule has 6 heteroatoms. The van der Waals surface area contributed by atoms with Crippen molar-refractivity contribution in [3.05, 3.63) is 35.9 Å². The number of amides is 2. The minimum absolute atomic E-state index is 0.0420. The Morgan fingerprint density at radius 1 is 1.11 bits per heavy atom. The number of likely N-dealkylation sites (tertiary alicyclic amines) is 2. The van der Waals surface area contributed by atoms with Crippen LogP contribution in [0.25, 0.3) is 0 Å². The summed E-state index contributed by atoms with van der Waals surface area (Å²) in [5, 5.41) is 12.8. The zero-order chi connectivity index (χ0) is 19.9. The second kappa shape index (κ2) is 10.0. The van der Waals surface area contributed by atoms with Crippen molar-refractivity contribution in [1.29, 1.82) is 0 Å². The van der Waals surface area contributed by atoms with E-state index in [0.29, 0.717) is 31.2 Å². The average molecular weight is 388 g/mol. The lowest BCUT2D eigenvalue weighted by molar-refractivity contribution is -0.134. The van der Waals surface area contributed by atoms with Gasteiger partial charge < -0.3 is 15.3 Å². The van der Waals surface area contributed by atoms with E-state index in [4.69, 9.17) is 0 Å². The Labute approximate surface area is 167 Å². The van der Waals surface area contributed by atoms with Crippen LogP contribution in [0.2, 0.25) is 0 Å². The fourth-order valence-electron chi connectivity index (χ4n) is 4.33. The number of hydrogen-bond acceptors (Lipinski definition) is 4. The van der Waals surface area contributed by atoms with Gasteiger partial charge in [-0.25, -0.2) is 0 Å². The topological polar surface area (TPSA) is 72.9 Å². The maximum atomic E-state index is 12.8. The van der Waals surface area contributed by atoms with Crippen LogP contribution in [-0.2, 0) is 4.79 Å². The number of rotatable bonds is 6. The first-order valence-corrected chi connectivity index (χ1v) is 10.6. The highest BCUT2D eigenvalue weighted by Crippen LogP contribution is 2.21. The third-order valence-corrected chi connectivity index (χ3v) is 5.92. The molecule has 2 N–H and O–H groups in total. The van der Waals surface area contributed by atoms with Gasteiger partial charge in [0.15, 0.2) is 0 Å². The van der Waals surface area contributed by atoms with Crippen LogP contribution >= 0.6 is 0 Å². The van der Waals surface area contributed by atoms with E-state index in [0.717, 1.165) is 38.6 Å². The lowest BCUT2D eigenvalue weighted by Crippen LogP contribution is -2.51. The monoisotopic (exact) mass is 387 g/mol. The molecule has 154 valence electrons. The van der Waals surface area contributed by atoms with E-state index < -0.39 is 0 Å². The molecule has 2 fully saturated rings. The maximum absolute atomic E-state index is 12.8. The molecule has 2 saturated heterocycles. The van der Waals surface area contributed by atoms with Crippen LogP contribution in [0, 0.1) is 0 Å². The maximum Gasteiger partial charge on any atom is 0.251 e. The van der Waals surface area contributed by atoms with Crippen LogP contribution in [0.4, 0.5) is 0 Å². The van der Waals surface area contributed by atoms with Crippen LogP contribution in [0.5, 0.6) is 0 Å². The lowest BCUT2D eigenvalue weighted by Gasteiger charge is -2.38. The number of benzene rings is 1. The quantitative estimate of drug-likeness (QED) is 0.783. The van der Waals surface area contributed by atoms with Gasteiger partial charge in [0.25, 0.3) is 5.91 Å². The van der Waals surface area contributed by atoms with Gasteiger partial charge in [-0.05, 0) is 57.7 Å². The Hall–Kier alpha value is -1.92. The smallest absolute Gasteiger partial charge is 0.251 e. The lowest BCUT2D eigenvalue weighted by atomic mass is 9.97. The number of hydrogen-bond donors (Lipinski definition) is 2. The van der Waals surface area contributed by atoms with Crippen molar-refractivity contribution in [2.24, 2.45) is 0 Å². The third-order valence-electron chi connectivity index (χ3n) is 5.92. The van der Waals surface area contributed by atoms with Gasteiger partial charge in [-0.15, -0.1) is 0 Å². The normalized spacial score (nSPS) is 22.6. The van der Waals surface area contributed by atoms with Crippen LogP contribution < -0.4 is 5.32 Å². The molecule has 2 unspecified atom stereocenters. The Kier molecular flexibility index (Phi) is 7.45. The van der Waals surface area contributed by atoms with Gasteiger partial charge in [0.1, 0.15) is 0 Å². The SMILES string of the molecule is CC(O)CC1CCCCN1CC(=O)N1CCC(NC(=O)c2ccccc2)CC1. The molecule has 2 aliphatic rings. The van der Waals surface area contributed by atoms with Crippen molar-refractivity contribution >= 4 is 11.8 Å². The van der Waals surface area contributed by atoms with Crippen LogP contribution in [0.3, 0.4) is 0 Å². The van der Waals surface area contributed by atoms with E-state index >= 15 is 0 Å². The molecule has 0 spiro atoms. The molecule has 28 heavy (non-hydrogen) atoms. The second-order valence-corrected chi connectivity index (χ2v) is 8.20. The fourth-order valence-corrected chi connectivity index (χ4v) is 4.33. The summed E-state index contributed by atoms with van der Waals surface area (Å²) >= 11 is 0. The number of aliphatic hydroxyl groups is 1. The highest BCUT2D eigenvalue weighted by molar-refractivity contribution is 5.94. The van der Waals surface area contributed by atoms with Crippen molar-refractivity contribution in [1.82, 2.24) is 15.1 Å². The molecule has 1 aromatic rings. The standard InChI is InChI=1S/C22H33N3O3/c1-17(26)15-20-9-5-6-12-25(20)16-21(27)24-13-10-19(11-14-24)23-22(28)18-7-3-2-4-8-18/h2-4,7-8,17,19-20,26H,5-6,9-16H2,1H3,(H,23,28). The summed E-state index contributed by atoms with van der Waals surface area (Å²) in [7, 11) is 0. The predicted octanol–water partition coefficient (Wildman–Crippen LogP) is 2.03. The van der Waals surface area contributed by atoms with E-state index in [1.54, 1.807) is 0 Å².